The van der Waals surface area contributed by atoms with Crippen molar-refractivity contribution in [1.29, 1.82) is 5.26 Å². The van der Waals surface area contributed by atoms with Crippen LogP contribution in [0.1, 0.15) is 16.7 Å². The van der Waals surface area contributed by atoms with Crippen molar-refractivity contribution in [2.45, 2.75) is 13.3 Å². The van der Waals surface area contributed by atoms with Gasteiger partial charge in [-0.05, 0) is 31.2 Å². The van der Waals surface area contributed by atoms with Gasteiger partial charge >= 0.3 is 0 Å². The molecule has 0 aliphatic rings. The second-order valence-electron chi connectivity index (χ2n) is 4.73. The Morgan fingerprint density at radius 2 is 2.10 bits per heavy atom. The van der Waals surface area contributed by atoms with Gasteiger partial charge < -0.3 is 10.1 Å². The fourth-order valence-corrected chi connectivity index (χ4v) is 2.09. The number of hydrogen-bond acceptors (Lipinski definition) is 3. The van der Waals surface area contributed by atoms with Crippen molar-refractivity contribution in [2.75, 3.05) is 12.4 Å². The second-order valence-corrected chi connectivity index (χ2v) is 4.73. The minimum Gasteiger partial charge on any atom is -0.496 e. The summed E-state index contributed by atoms with van der Waals surface area (Å²) in [5.41, 5.74) is 3.04. The molecule has 4 nitrogen and oxygen atoms in total. The highest BCUT2D eigenvalue weighted by atomic mass is 16.5. The number of nitrogens with one attached hydrogen (secondary N) is 1. The van der Waals surface area contributed by atoms with Crippen LogP contribution in [0.15, 0.2) is 42.5 Å². The van der Waals surface area contributed by atoms with E-state index in [0.29, 0.717) is 17.0 Å². The van der Waals surface area contributed by atoms with Gasteiger partial charge in [0.2, 0.25) is 5.91 Å². The van der Waals surface area contributed by atoms with Crippen LogP contribution in [0.3, 0.4) is 0 Å². The monoisotopic (exact) mass is 280 g/mol. The Hall–Kier alpha value is -2.80. The highest BCUT2D eigenvalue weighted by Crippen LogP contribution is 2.20. The molecule has 0 atom stereocenters. The molecular weight excluding hydrogens is 264 g/mol. The fourth-order valence-electron chi connectivity index (χ4n) is 2.09. The van der Waals surface area contributed by atoms with E-state index in [2.05, 4.69) is 5.32 Å². The lowest BCUT2D eigenvalue weighted by Crippen LogP contribution is -2.15. The maximum atomic E-state index is 12.1. The Morgan fingerprint density at radius 3 is 2.81 bits per heavy atom. The van der Waals surface area contributed by atoms with Crippen molar-refractivity contribution in [2.24, 2.45) is 0 Å². The molecule has 0 aromatic heterocycles. The quantitative estimate of drug-likeness (QED) is 0.936. The van der Waals surface area contributed by atoms with Crippen LogP contribution in [0.4, 0.5) is 5.69 Å². The predicted octanol–water partition coefficient (Wildman–Crippen LogP) is 3.06. The number of anilines is 1. The van der Waals surface area contributed by atoms with E-state index in [-0.39, 0.29) is 12.3 Å². The number of nitriles is 1. The summed E-state index contributed by atoms with van der Waals surface area (Å²) in [6, 6.07) is 14.6. The van der Waals surface area contributed by atoms with Gasteiger partial charge in [0.05, 0.1) is 25.2 Å². The Balaban J connectivity index is 2.11. The second kappa shape index (κ2) is 6.58. The first kappa shape index (κ1) is 14.6. The number of amides is 1. The van der Waals surface area contributed by atoms with E-state index < -0.39 is 0 Å². The SMILES string of the molecule is COc1ccc(C)cc1CC(=O)Nc1cccc(C#N)c1. The predicted molar refractivity (Wildman–Crippen MR) is 81.2 cm³/mol. The number of hydrogen-bond donors (Lipinski definition) is 1. The Bertz CT molecular complexity index is 702. The number of aryl methyl sites for hydroxylation is 1. The smallest absolute Gasteiger partial charge is 0.228 e. The van der Waals surface area contributed by atoms with Crippen LogP contribution < -0.4 is 10.1 Å². The minimum absolute atomic E-state index is 0.144. The van der Waals surface area contributed by atoms with Crippen molar-refractivity contribution >= 4 is 11.6 Å². The molecule has 0 aliphatic carbocycles. The molecule has 2 rings (SSSR count). The first-order valence-electron chi connectivity index (χ1n) is 6.56. The molecule has 0 aliphatic heterocycles. The van der Waals surface area contributed by atoms with E-state index in [1.165, 1.54) is 0 Å². The third-order valence-electron chi connectivity index (χ3n) is 3.06. The van der Waals surface area contributed by atoms with Crippen LogP contribution in [-0.4, -0.2) is 13.0 Å². The molecule has 0 spiro atoms. The van der Waals surface area contributed by atoms with Gasteiger partial charge in [0.15, 0.2) is 0 Å². The number of benzene rings is 2. The molecular formula is C17H16N2O2. The van der Waals surface area contributed by atoms with Gasteiger partial charge in [0.1, 0.15) is 5.75 Å². The van der Waals surface area contributed by atoms with Gasteiger partial charge in [0, 0.05) is 11.3 Å². The molecule has 0 saturated carbocycles. The lowest BCUT2D eigenvalue weighted by molar-refractivity contribution is -0.115. The summed E-state index contributed by atoms with van der Waals surface area (Å²) >= 11 is 0. The molecule has 1 amide bonds. The number of carbonyl (C=O) groups excluding carboxylic acids is 1. The number of ether oxygens (including phenoxy) is 1. The highest BCUT2D eigenvalue weighted by molar-refractivity contribution is 5.92. The average molecular weight is 280 g/mol. The zero-order valence-corrected chi connectivity index (χ0v) is 12.0. The van der Waals surface area contributed by atoms with Crippen molar-refractivity contribution in [1.82, 2.24) is 0 Å². The topological polar surface area (TPSA) is 62.1 Å². The first-order valence-corrected chi connectivity index (χ1v) is 6.56. The number of rotatable bonds is 4. The largest absolute Gasteiger partial charge is 0.496 e. The van der Waals surface area contributed by atoms with Gasteiger partial charge in [-0.1, -0.05) is 23.8 Å². The van der Waals surface area contributed by atoms with Gasteiger partial charge in [-0.15, -0.1) is 0 Å². The maximum absolute atomic E-state index is 12.1. The van der Waals surface area contributed by atoms with Gasteiger partial charge in [-0.3, -0.25) is 4.79 Å². The molecule has 1 N–H and O–H groups in total. The Morgan fingerprint density at radius 1 is 1.29 bits per heavy atom. The molecule has 0 saturated heterocycles. The average Bonchev–Trinajstić information content (AvgIpc) is 2.47. The number of nitrogens with zero attached hydrogens (tertiary/aromatic N) is 1. The van der Waals surface area contributed by atoms with E-state index in [9.17, 15) is 4.79 Å². The molecule has 4 heteroatoms. The molecule has 2 aromatic carbocycles. The summed E-state index contributed by atoms with van der Waals surface area (Å²) in [5.74, 6) is 0.551. The standard InChI is InChI=1S/C17H16N2O2/c1-12-6-7-16(21-2)14(8-12)10-17(20)19-15-5-3-4-13(9-15)11-18/h3-9H,10H2,1-2H3,(H,19,20). The molecule has 0 unspecified atom stereocenters. The number of methoxy groups -OCH3 is 1. The summed E-state index contributed by atoms with van der Waals surface area (Å²) in [4.78, 5) is 12.1. The third-order valence-corrected chi connectivity index (χ3v) is 3.06. The summed E-state index contributed by atoms with van der Waals surface area (Å²) in [6.45, 7) is 1.97. The fraction of sp³-hybridized carbons (Fsp3) is 0.176. The molecule has 0 heterocycles. The third kappa shape index (κ3) is 3.83. The van der Waals surface area contributed by atoms with E-state index in [1.54, 1.807) is 31.4 Å². The first-order chi connectivity index (χ1) is 10.1. The van der Waals surface area contributed by atoms with Crippen molar-refractivity contribution < 1.29 is 9.53 Å². The van der Waals surface area contributed by atoms with E-state index in [1.807, 2.05) is 31.2 Å². The molecule has 0 radical (unpaired) electrons. The molecule has 2 aromatic rings. The highest BCUT2D eigenvalue weighted by Gasteiger charge is 2.09. The summed E-state index contributed by atoms with van der Waals surface area (Å²) in [7, 11) is 1.59. The van der Waals surface area contributed by atoms with E-state index in [0.717, 1.165) is 11.1 Å². The van der Waals surface area contributed by atoms with Gasteiger partial charge in [0.25, 0.3) is 0 Å². The molecule has 21 heavy (non-hydrogen) atoms. The normalized spacial score (nSPS) is 9.76. The van der Waals surface area contributed by atoms with E-state index in [4.69, 9.17) is 10.00 Å². The Kier molecular flexibility index (Phi) is 4.57. The molecule has 106 valence electrons. The zero-order valence-electron chi connectivity index (χ0n) is 12.0. The van der Waals surface area contributed by atoms with Crippen LogP contribution in [0.25, 0.3) is 0 Å². The lowest BCUT2D eigenvalue weighted by Gasteiger charge is -2.10. The number of carbonyl (C=O) groups is 1. The van der Waals surface area contributed by atoms with Crippen LogP contribution in [-0.2, 0) is 11.2 Å². The van der Waals surface area contributed by atoms with Gasteiger partial charge in [-0.25, -0.2) is 0 Å². The van der Waals surface area contributed by atoms with Crippen LogP contribution >= 0.6 is 0 Å². The van der Waals surface area contributed by atoms with Crippen molar-refractivity contribution in [3.8, 4) is 11.8 Å². The molecule has 0 fully saturated rings. The summed E-state index contributed by atoms with van der Waals surface area (Å²) in [6.07, 6.45) is 0.224. The zero-order chi connectivity index (χ0) is 15.2. The Labute approximate surface area is 124 Å². The minimum atomic E-state index is -0.144. The van der Waals surface area contributed by atoms with Crippen LogP contribution in [0.2, 0.25) is 0 Å². The van der Waals surface area contributed by atoms with Crippen molar-refractivity contribution in [3.05, 3.63) is 59.2 Å². The van der Waals surface area contributed by atoms with Crippen molar-refractivity contribution in [3.63, 3.8) is 0 Å². The molecule has 0 bridgehead atoms. The van der Waals surface area contributed by atoms with E-state index >= 15 is 0 Å². The maximum Gasteiger partial charge on any atom is 0.228 e. The lowest BCUT2D eigenvalue weighted by atomic mass is 10.1. The van der Waals surface area contributed by atoms with Gasteiger partial charge in [-0.2, -0.15) is 5.26 Å². The summed E-state index contributed by atoms with van der Waals surface area (Å²) < 4.78 is 5.26. The summed E-state index contributed by atoms with van der Waals surface area (Å²) in [5, 5.41) is 11.6. The van der Waals surface area contributed by atoms with Crippen LogP contribution in [0, 0.1) is 18.3 Å². The van der Waals surface area contributed by atoms with Crippen LogP contribution in [0.5, 0.6) is 5.75 Å².